The van der Waals surface area contributed by atoms with E-state index in [2.05, 4.69) is 42.5 Å². The number of nitrogens with zero attached hydrogens (tertiary/aromatic N) is 1. The lowest BCUT2D eigenvalue weighted by Crippen LogP contribution is -2.20. The Morgan fingerprint density at radius 1 is 1.06 bits per heavy atom. The number of nitriles is 1. The zero-order chi connectivity index (χ0) is 26.4. The van der Waals surface area contributed by atoms with Crippen molar-refractivity contribution in [1.29, 1.82) is 5.26 Å². The van der Waals surface area contributed by atoms with E-state index in [0.717, 1.165) is 16.7 Å². The van der Waals surface area contributed by atoms with Crippen molar-refractivity contribution in [2.75, 3.05) is 17.2 Å². The Kier molecular flexibility index (Phi) is 9.32. The topological polar surface area (TPSA) is 91.2 Å². The van der Waals surface area contributed by atoms with Crippen LogP contribution in [-0.4, -0.2) is 18.4 Å². The van der Waals surface area contributed by atoms with Crippen LogP contribution in [0.2, 0.25) is 5.02 Å². The van der Waals surface area contributed by atoms with Crippen molar-refractivity contribution in [1.82, 2.24) is 0 Å². The van der Waals surface area contributed by atoms with Gasteiger partial charge < -0.3 is 15.4 Å². The predicted octanol–water partition coefficient (Wildman–Crippen LogP) is 7.35. The fraction of sp³-hybridized carbons (Fsp3) is 0.148. The quantitative estimate of drug-likeness (QED) is 0.211. The molecule has 36 heavy (non-hydrogen) atoms. The fourth-order valence-electron chi connectivity index (χ4n) is 3.23. The van der Waals surface area contributed by atoms with E-state index in [9.17, 15) is 14.9 Å². The maximum atomic E-state index is 12.9. The molecule has 3 rings (SSSR count). The maximum absolute atomic E-state index is 12.9. The number of anilines is 2. The van der Waals surface area contributed by atoms with Crippen molar-refractivity contribution in [2.45, 2.75) is 20.8 Å². The van der Waals surface area contributed by atoms with Gasteiger partial charge in [-0.25, -0.2) is 0 Å². The zero-order valence-corrected chi connectivity index (χ0v) is 23.6. The number of halogens is 3. The van der Waals surface area contributed by atoms with Crippen LogP contribution >= 0.6 is 43.5 Å². The predicted molar refractivity (Wildman–Crippen MR) is 150 cm³/mol. The second-order valence-corrected chi connectivity index (χ2v) is 10.2. The molecule has 0 aliphatic carbocycles. The minimum atomic E-state index is -0.553. The third-order valence-corrected chi connectivity index (χ3v) is 6.81. The number of carbonyl (C=O) groups is 2. The van der Waals surface area contributed by atoms with Crippen molar-refractivity contribution < 1.29 is 14.3 Å². The second kappa shape index (κ2) is 12.2. The van der Waals surface area contributed by atoms with Crippen molar-refractivity contribution in [3.8, 4) is 11.8 Å². The van der Waals surface area contributed by atoms with Crippen LogP contribution in [0, 0.1) is 32.1 Å². The lowest BCUT2D eigenvalue weighted by Gasteiger charge is -2.13. The van der Waals surface area contributed by atoms with E-state index in [0.29, 0.717) is 36.7 Å². The number of carbonyl (C=O) groups excluding carboxylic acids is 2. The van der Waals surface area contributed by atoms with Crippen molar-refractivity contribution in [3.63, 3.8) is 0 Å². The van der Waals surface area contributed by atoms with Gasteiger partial charge in [0.2, 0.25) is 0 Å². The Morgan fingerprint density at radius 3 is 2.50 bits per heavy atom. The second-order valence-electron chi connectivity index (χ2n) is 7.98. The van der Waals surface area contributed by atoms with Gasteiger partial charge >= 0.3 is 0 Å². The first kappa shape index (κ1) is 27.5. The molecule has 2 N–H and O–H groups in total. The number of nitrogens with one attached hydrogen (secondary N) is 2. The summed E-state index contributed by atoms with van der Waals surface area (Å²) in [6.45, 7) is 5.41. The van der Waals surface area contributed by atoms with Gasteiger partial charge in [0.25, 0.3) is 11.8 Å². The molecule has 9 heteroatoms. The molecular weight excluding hydrogens is 610 g/mol. The Labute approximate surface area is 231 Å². The van der Waals surface area contributed by atoms with E-state index < -0.39 is 11.8 Å². The molecule has 184 valence electrons. The number of hydrogen-bond acceptors (Lipinski definition) is 4. The third kappa shape index (κ3) is 6.97. The van der Waals surface area contributed by atoms with Crippen LogP contribution in [0.25, 0.3) is 6.08 Å². The van der Waals surface area contributed by atoms with Gasteiger partial charge in [-0.2, -0.15) is 5.26 Å². The van der Waals surface area contributed by atoms with Gasteiger partial charge in [0, 0.05) is 26.4 Å². The molecule has 3 aromatic carbocycles. The fourth-order valence-corrected chi connectivity index (χ4v) is 4.78. The van der Waals surface area contributed by atoms with Gasteiger partial charge in [-0.15, -0.1) is 0 Å². The normalized spacial score (nSPS) is 11.0. The molecule has 0 aliphatic rings. The smallest absolute Gasteiger partial charge is 0.266 e. The molecule has 3 aromatic rings. The van der Waals surface area contributed by atoms with Crippen LogP contribution in [0.3, 0.4) is 0 Å². The van der Waals surface area contributed by atoms with E-state index in [1.54, 1.807) is 36.4 Å². The summed E-state index contributed by atoms with van der Waals surface area (Å²) < 4.78 is 7.03. The highest BCUT2D eigenvalue weighted by Crippen LogP contribution is 2.34. The number of amides is 2. The van der Waals surface area contributed by atoms with Gasteiger partial charge in [0.15, 0.2) is 6.61 Å². The molecule has 0 unspecified atom stereocenters. The number of aryl methyl sites for hydroxylation is 2. The summed E-state index contributed by atoms with van der Waals surface area (Å²) in [4.78, 5) is 25.4. The van der Waals surface area contributed by atoms with E-state index in [1.807, 2.05) is 39.0 Å². The monoisotopic (exact) mass is 629 g/mol. The summed E-state index contributed by atoms with van der Waals surface area (Å²) in [7, 11) is 0. The van der Waals surface area contributed by atoms with E-state index in [1.165, 1.54) is 6.08 Å². The lowest BCUT2D eigenvalue weighted by atomic mass is 10.1. The van der Waals surface area contributed by atoms with Crippen molar-refractivity contribution >= 4 is 72.7 Å². The summed E-state index contributed by atoms with van der Waals surface area (Å²) in [6, 6.07) is 16.2. The molecule has 0 spiro atoms. The molecular formula is C27H22Br2ClN3O3. The van der Waals surface area contributed by atoms with Crippen LogP contribution in [-0.2, 0) is 9.59 Å². The van der Waals surface area contributed by atoms with E-state index in [4.69, 9.17) is 16.3 Å². The SMILES string of the molecule is Cc1ccc(NC(=O)COc2c(Br)cc(Br)cc2/C=C(/C#N)C(=O)Nc2cccc(C)c2C)cc1Cl. The first-order valence-electron chi connectivity index (χ1n) is 10.8. The van der Waals surface area contributed by atoms with Crippen LogP contribution in [0.4, 0.5) is 11.4 Å². The van der Waals surface area contributed by atoms with Crippen LogP contribution in [0.5, 0.6) is 5.75 Å². The molecule has 2 amide bonds. The first-order chi connectivity index (χ1) is 17.1. The summed E-state index contributed by atoms with van der Waals surface area (Å²) in [5, 5.41) is 15.8. The molecule has 0 fully saturated rings. The lowest BCUT2D eigenvalue weighted by molar-refractivity contribution is -0.118. The molecule has 0 saturated carbocycles. The van der Waals surface area contributed by atoms with Crippen LogP contribution < -0.4 is 15.4 Å². The van der Waals surface area contributed by atoms with Gasteiger partial charge in [-0.05, 0) is 89.8 Å². The van der Waals surface area contributed by atoms with Crippen molar-refractivity contribution in [2.24, 2.45) is 0 Å². The number of benzene rings is 3. The highest BCUT2D eigenvalue weighted by Gasteiger charge is 2.16. The van der Waals surface area contributed by atoms with Gasteiger partial charge in [0.05, 0.1) is 4.47 Å². The average Bonchev–Trinajstić information content (AvgIpc) is 2.82. The summed E-state index contributed by atoms with van der Waals surface area (Å²) in [5.74, 6) is -0.641. The van der Waals surface area contributed by atoms with Crippen molar-refractivity contribution in [3.05, 3.63) is 90.3 Å². The maximum Gasteiger partial charge on any atom is 0.266 e. The Balaban J connectivity index is 1.82. The number of rotatable bonds is 7. The minimum absolute atomic E-state index is 0.121. The Bertz CT molecular complexity index is 1410. The van der Waals surface area contributed by atoms with Gasteiger partial charge in [-0.3, -0.25) is 9.59 Å². The molecule has 0 aliphatic heterocycles. The summed E-state index contributed by atoms with van der Waals surface area (Å²) in [6.07, 6.45) is 1.42. The molecule has 0 atom stereocenters. The first-order valence-corrected chi connectivity index (χ1v) is 12.7. The largest absolute Gasteiger partial charge is 0.482 e. The summed E-state index contributed by atoms with van der Waals surface area (Å²) in [5.41, 5.74) is 4.33. The summed E-state index contributed by atoms with van der Waals surface area (Å²) >= 11 is 13.0. The number of ether oxygens (including phenoxy) is 1. The standard InChI is InChI=1S/C27H22Br2ClN3O3/c1-15-5-4-6-24(17(15)3)33-27(35)19(13-31)9-18-10-20(28)11-22(29)26(18)36-14-25(34)32-21-8-7-16(2)23(30)12-21/h4-12H,14H2,1-3H3,(H,32,34)(H,33,35)/b19-9-. The highest BCUT2D eigenvalue weighted by molar-refractivity contribution is 9.11. The van der Waals surface area contributed by atoms with Gasteiger partial charge in [-0.1, -0.05) is 45.7 Å². The highest BCUT2D eigenvalue weighted by atomic mass is 79.9. The van der Waals surface area contributed by atoms with E-state index >= 15 is 0 Å². The molecule has 0 saturated heterocycles. The Hall–Kier alpha value is -3.12. The molecule has 0 aromatic heterocycles. The molecule has 0 radical (unpaired) electrons. The number of hydrogen-bond donors (Lipinski definition) is 2. The average molecular weight is 632 g/mol. The third-order valence-electron chi connectivity index (χ3n) is 5.36. The van der Waals surface area contributed by atoms with E-state index in [-0.39, 0.29) is 12.2 Å². The molecule has 0 bridgehead atoms. The minimum Gasteiger partial charge on any atom is -0.482 e. The molecule has 6 nitrogen and oxygen atoms in total. The Morgan fingerprint density at radius 2 is 1.81 bits per heavy atom. The van der Waals surface area contributed by atoms with Gasteiger partial charge in [0.1, 0.15) is 17.4 Å². The molecule has 0 heterocycles. The van der Waals surface area contributed by atoms with Crippen LogP contribution in [0.15, 0.2) is 63.0 Å². The zero-order valence-electron chi connectivity index (χ0n) is 19.7. The van der Waals surface area contributed by atoms with Crippen LogP contribution in [0.1, 0.15) is 22.3 Å².